The first-order valence-corrected chi connectivity index (χ1v) is 10.4. The van der Waals surface area contributed by atoms with Crippen molar-refractivity contribution in [3.63, 3.8) is 0 Å². The second-order valence-corrected chi connectivity index (χ2v) is 8.27. The van der Waals surface area contributed by atoms with E-state index in [9.17, 15) is 4.79 Å². The maximum absolute atomic E-state index is 13.7. The summed E-state index contributed by atoms with van der Waals surface area (Å²) >= 11 is 6.32. The first kappa shape index (κ1) is 19.7. The van der Waals surface area contributed by atoms with Gasteiger partial charge in [0.05, 0.1) is 28.5 Å². The van der Waals surface area contributed by atoms with Crippen molar-refractivity contribution in [3.8, 4) is 22.9 Å². The molecule has 9 heteroatoms. The van der Waals surface area contributed by atoms with Crippen molar-refractivity contribution >= 4 is 23.2 Å². The number of para-hydroxylation sites is 1. The summed E-state index contributed by atoms with van der Waals surface area (Å²) < 4.78 is 18.8. The van der Waals surface area contributed by atoms with Gasteiger partial charge < -0.3 is 19.1 Å². The van der Waals surface area contributed by atoms with Gasteiger partial charge in [-0.1, -0.05) is 31.5 Å². The number of hydrogen-bond acceptors (Lipinski definition) is 6. The Hall–Kier alpha value is -3.26. The van der Waals surface area contributed by atoms with E-state index in [1.165, 1.54) is 0 Å². The second kappa shape index (κ2) is 7.46. The topological polar surface area (TPSA) is 78.7 Å². The van der Waals surface area contributed by atoms with Gasteiger partial charge in [0.2, 0.25) is 6.79 Å². The van der Waals surface area contributed by atoms with Gasteiger partial charge in [-0.3, -0.25) is 4.79 Å². The van der Waals surface area contributed by atoms with Crippen LogP contribution in [-0.4, -0.2) is 40.1 Å². The van der Waals surface area contributed by atoms with Gasteiger partial charge in [0, 0.05) is 12.0 Å². The Balaban J connectivity index is 1.60. The van der Waals surface area contributed by atoms with Crippen LogP contribution in [0.4, 0.5) is 5.69 Å². The second-order valence-electron chi connectivity index (χ2n) is 7.86. The molecule has 0 fully saturated rings. The van der Waals surface area contributed by atoms with Crippen LogP contribution >= 0.6 is 11.6 Å². The molecule has 8 nitrogen and oxygen atoms in total. The molecule has 2 aliphatic rings. The molecule has 0 saturated heterocycles. The molecule has 1 aromatic heterocycles. The molecule has 1 amide bonds. The Morgan fingerprint density at radius 1 is 1.23 bits per heavy atom. The molecule has 0 aliphatic carbocycles. The summed E-state index contributed by atoms with van der Waals surface area (Å²) in [6.07, 6.45) is 1.42. The first-order valence-electron chi connectivity index (χ1n) is 10.0. The van der Waals surface area contributed by atoms with Gasteiger partial charge in [-0.25, -0.2) is 9.67 Å². The third-order valence-corrected chi connectivity index (χ3v) is 5.52. The Labute approximate surface area is 184 Å². The molecule has 2 aliphatic heterocycles. The van der Waals surface area contributed by atoms with E-state index < -0.39 is 0 Å². The van der Waals surface area contributed by atoms with Crippen molar-refractivity contribution in [2.45, 2.75) is 32.8 Å². The Kier molecular flexibility index (Phi) is 4.74. The van der Waals surface area contributed by atoms with E-state index in [2.05, 4.69) is 10.1 Å². The quantitative estimate of drug-likeness (QED) is 0.607. The monoisotopic (exact) mass is 440 g/mol. The van der Waals surface area contributed by atoms with E-state index in [-0.39, 0.29) is 24.7 Å². The molecule has 3 aromatic rings. The molecule has 0 N–H and O–H groups in total. The van der Waals surface area contributed by atoms with E-state index in [0.717, 1.165) is 5.82 Å². The third-order valence-electron chi connectivity index (χ3n) is 5.22. The van der Waals surface area contributed by atoms with Gasteiger partial charge in [0.15, 0.2) is 23.1 Å². The molecular weight excluding hydrogens is 420 g/mol. The molecule has 160 valence electrons. The van der Waals surface area contributed by atoms with Crippen LogP contribution in [0.3, 0.4) is 0 Å². The summed E-state index contributed by atoms with van der Waals surface area (Å²) in [5, 5.41) is 4.99. The number of carbonyl (C=O) groups excluding carboxylic acids is 1. The number of aromatic nitrogens is 3. The third kappa shape index (κ3) is 3.37. The predicted octanol–water partition coefficient (Wildman–Crippen LogP) is 4.20. The SMILES string of the molecule is CC(C)c1ncn(-c2cc3c(c(C(=O)N4C[C@H](C)Oc5c(Cl)cccc54)c2)OCO3)n1. The highest BCUT2D eigenvalue weighted by Crippen LogP contribution is 2.43. The molecule has 31 heavy (non-hydrogen) atoms. The Morgan fingerprint density at radius 2 is 2.06 bits per heavy atom. The van der Waals surface area contributed by atoms with Crippen molar-refractivity contribution < 1.29 is 19.0 Å². The largest absolute Gasteiger partial charge is 0.485 e. The standard InChI is InChI=1S/C22H21ClN4O4/c1-12(2)21-24-10-27(25-21)14-7-15(19-18(8-14)29-11-30-19)22(28)26-9-13(3)31-20-16(23)5-4-6-17(20)26/h4-8,10,12-13H,9,11H2,1-3H3/t13-/m0/s1. The average molecular weight is 441 g/mol. The number of ether oxygens (including phenoxy) is 3. The van der Waals surface area contributed by atoms with E-state index in [1.54, 1.807) is 40.2 Å². The van der Waals surface area contributed by atoms with Crippen LogP contribution in [0.15, 0.2) is 36.7 Å². The lowest BCUT2D eigenvalue weighted by Crippen LogP contribution is -2.42. The zero-order chi connectivity index (χ0) is 21.7. The molecule has 0 unspecified atom stereocenters. The van der Waals surface area contributed by atoms with Crippen LogP contribution < -0.4 is 19.1 Å². The lowest BCUT2D eigenvalue weighted by atomic mass is 10.1. The van der Waals surface area contributed by atoms with Crippen LogP contribution in [0.1, 0.15) is 42.9 Å². The van der Waals surface area contributed by atoms with E-state index in [4.69, 9.17) is 25.8 Å². The van der Waals surface area contributed by atoms with E-state index >= 15 is 0 Å². The maximum atomic E-state index is 13.7. The van der Waals surface area contributed by atoms with Crippen molar-refractivity contribution in [3.05, 3.63) is 53.1 Å². The van der Waals surface area contributed by atoms with Crippen molar-refractivity contribution in [1.82, 2.24) is 14.8 Å². The molecule has 0 bridgehead atoms. The summed E-state index contributed by atoms with van der Waals surface area (Å²) in [6, 6.07) is 8.90. The summed E-state index contributed by atoms with van der Waals surface area (Å²) in [6.45, 7) is 6.38. The number of amides is 1. The molecule has 5 rings (SSSR count). The molecular formula is C22H21ClN4O4. The van der Waals surface area contributed by atoms with Crippen LogP contribution in [0.25, 0.3) is 5.69 Å². The fourth-order valence-electron chi connectivity index (χ4n) is 3.71. The fraction of sp³-hybridized carbons (Fsp3) is 0.318. The predicted molar refractivity (Wildman–Crippen MR) is 115 cm³/mol. The molecule has 0 radical (unpaired) electrons. The van der Waals surface area contributed by atoms with Gasteiger partial charge in [0.25, 0.3) is 5.91 Å². The Morgan fingerprint density at radius 3 is 2.84 bits per heavy atom. The minimum absolute atomic E-state index is 0.0512. The van der Waals surface area contributed by atoms with Crippen molar-refractivity contribution in [2.24, 2.45) is 0 Å². The van der Waals surface area contributed by atoms with E-state index in [0.29, 0.717) is 45.8 Å². The van der Waals surface area contributed by atoms with Gasteiger partial charge >= 0.3 is 0 Å². The highest BCUT2D eigenvalue weighted by atomic mass is 35.5. The number of fused-ring (bicyclic) bond motifs is 2. The summed E-state index contributed by atoms with van der Waals surface area (Å²) in [4.78, 5) is 19.7. The number of halogens is 1. The summed E-state index contributed by atoms with van der Waals surface area (Å²) in [5.41, 5.74) is 1.67. The zero-order valence-electron chi connectivity index (χ0n) is 17.3. The lowest BCUT2D eigenvalue weighted by Gasteiger charge is -2.34. The minimum Gasteiger partial charge on any atom is -0.485 e. The molecule has 2 aromatic carbocycles. The highest BCUT2D eigenvalue weighted by molar-refractivity contribution is 6.32. The number of benzene rings is 2. The molecule has 1 atom stereocenters. The number of anilines is 1. The molecule has 3 heterocycles. The molecule has 0 saturated carbocycles. The zero-order valence-corrected chi connectivity index (χ0v) is 18.1. The number of hydrogen-bond donors (Lipinski definition) is 0. The van der Waals surface area contributed by atoms with Crippen molar-refractivity contribution in [1.29, 1.82) is 0 Å². The van der Waals surface area contributed by atoms with Crippen LogP contribution in [0.2, 0.25) is 5.02 Å². The summed E-state index contributed by atoms with van der Waals surface area (Å²) in [5.74, 6) is 2.09. The number of rotatable bonds is 3. The summed E-state index contributed by atoms with van der Waals surface area (Å²) in [7, 11) is 0. The van der Waals surface area contributed by atoms with Crippen LogP contribution in [0.5, 0.6) is 17.2 Å². The van der Waals surface area contributed by atoms with Gasteiger partial charge in [-0.05, 0) is 25.1 Å². The van der Waals surface area contributed by atoms with Gasteiger partial charge in [-0.15, -0.1) is 0 Å². The van der Waals surface area contributed by atoms with Gasteiger partial charge in [-0.2, -0.15) is 5.10 Å². The van der Waals surface area contributed by atoms with Crippen molar-refractivity contribution in [2.75, 3.05) is 18.2 Å². The maximum Gasteiger partial charge on any atom is 0.262 e. The molecule has 0 spiro atoms. The number of carbonyl (C=O) groups is 1. The smallest absolute Gasteiger partial charge is 0.262 e. The Bertz CT molecular complexity index is 1180. The lowest BCUT2D eigenvalue weighted by molar-refractivity contribution is 0.0956. The normalized spacial score (nSPS) is 16.9. The van der Waals surface area contributed by atoms with Gasteiger partial charge in [0.1, 0.15) is 12.4 Å². The number of nitrogens with zero attached hydrogens (tertiary/aromatic N) is 4. The minimum atomic E-state index is -0.230. The van der Waals surface area contributed by atoms with Crippen LogP contribution in [-0.2, 0) is 0 Å². The fourth-order valence-corrected chi connectivity index (χ4v) is 3.92. The average Bonchev–Trinajstić information content (AvgIpc) is 3.42. The van der Waals surface area contributed by atoms with E-state index in [1.807, 2.05) is 26.8 Å². The highest BCUT2D eigenvalue weighted by Gasteiger charge is 2.33. The van der Waals surface area contributed by atoms with Crippen LogP contribution in [0, 0.1) is 0 Å². The first-order chi connectivity index (χ1) is 14.9.